The van der Waals surface area contributed by atoms with Crippen LogP contribution in [0.3, 0.4) is 0 Å². The van der Waals surface area contributed by atoms with Gasteiger partial charge in [0.15, 0.2) is 0 Å². The second-order valence-electron chi connectivity index (χ2n) is 8.89. The molecule has 1 aliphatic rings. The number of hydrogen-bond acceptors (Lipinski definition) is 5. The smallest absolute Gasteiger partial charge is 0.310 e. The Labute approximate surface area is 202 Å². The number of piperidine rings is 1. The van der Waals surface area contributed by atoms with Crippen LogP contribution < -0.4 is 5.56 Å². The van der Waals surface area contributed by atoms with E-state index >= 15 is 0 Å². The maximum Gasteiger partial charge on any atom is 0.310 e. The van der Waals surface area contributed by atoms with Crippen LogP contribution in [0.1, 0.15) is 25.3 Å². The molecule has 1 saturated heterocycles. The Morgan fingerprint density at radius 1 is 1.06 bits per heavy atom. The number of esters is 1. The second-order valence-corrected chi connectivity index (χ2v) is 8.89. The van der Waals surface area contributed by atoms with E-state index in [1.165, 1.54) is 4.68 Å². The van der Waals surface area contributed by atoms with Crippen molar-refractivity contribution in [3.63, 3.8) is 0 Å². The van der Waals surface area contributed by atoms with Gasteiger partial charge >= 0.3 is 5.97 Å². The molecule has 8 nitrogen and oxygen atoms in total. The molecule has 0 bridgehead atoms. The molecule has 1 atom stereocenters. The number of benzene rings is 2. The maximum atomic E-state index is 13.6. The molecule has 0 radical (unpaired) electrons. The third kappa shape index (κ3) is 4.43. The van der Waals surface area contributed by atoms with Crippen LogP contribution in [0.15, 0.2) is 65.6 Å². The number of aromatic nitrogens is 3. The van der Waals surface area contributed by atoms with E-state index < -0.39 is 0 Å². The number of rotatable bonds is 6. The van der Waals surface area contributed by atoms with Crippen molar-refractivity contribution in [1.29, 1.82) is 0 Å². The largest absolute Gasteiger partial charge is 0.466 e. The van der Waals surface area contributed by atoms with Gasteiger partial charge < -0.3 is 14.2 Å². The molecule has 4 aromatic rings. The van der Waals surface area contributed by atoms with Gasteiger partial charge in [0, 0.05) is 35.9 Å². The van der Waals surface area contributed by atoms with Crippen LogP contribution in [0.25, 0.3) is 21.8 Å². The van der Waals surface area contributed by atoms with Gasteiger partial charge in [0.2, 0.25) is 5.91 Å². The first-order chi connectivity index (χ1) is 17.1. The van der Waals surface area contributed by atoms with E-state index in [0.717, 1.165) is 28.3 Å². The Bertz CT molecular complexity index is 1440. The molecule has 0 saturated carbocycles. The average molecular weight is 473 g/mol. The fourth-order valence-electron chi connectivity index (χ4n) is 4.92. The summed E-state index contributed by atoms with van der Waals surface area (Å²) in [5, 5.41) is 6.07. The minimum absolute atomic E-state index is 0.169. The summed E-state index contributed by atoms with van der Waals surface area (Å²) in [6.45, 7) is 3.32. The van der Waals surface area contributed by atoms with Crippen molar-refractivity contribution in [2.24, 2.45) is 5.92 Å². The van der Waals surface area contributed by atoms with Gasteiger partial charge in [-0.2, -0.15) is 5.10 Å². The molecular weight excluding hydrogens is 444 g/mol. The van der Waals surface area contributed by atoms with Gasteiger partial charge in [-0.25, -0.2) is 4.68 Å². The third-order valence-electron chi connectivity index (χ3n) is 6.64. The zero-order valence-corrected chi connectivity index (χ0v) is 19.7. The molecule has 2 aromatic carbocycles. The maximum absolute atomic E-state index is 13.6. The number of carbonyl (C=O) groups excluding carboxylic acids is 2. The molecule has 0 aliphatic carbocycles. The van der Waals surface area contributed by atoms with Crippen molar-refractivity contribution in [3.8, 4) is 0 Å². The van der Waals surface area contributed by atoms with Crippen molar-refractivity contribution in [1.82, 2.24) is 19.2 Å². The van der Waals surface area contributed by atoms with E-state index in [4.69, 9.17) is 4.74 Å². The van der Waals surface area contributed by atoms with E-state index in [0.29, 0.717) is 38.2 Å². The van der Waals surface area contributed by atoms with Crippen molar-refractivity contribution in [2.45, 2.75) is 32.9 Å². The molecule has 35 heavy (non-hydrogen) atoms. The Kier molecular flexibility index (Phi) is 6.35. The number of hydrogen-bond donors (Lipinski definition) is 0. The SMILES string of the molecule is CCOC(=O)[C@@H]1CCCN(C(=O)Cn2ncc3c4ccccc4n(Cc4ccccc4)c3c2=O)C1. The van der Waals surface area contributed by atoms with Gasteiger partial charge in [0.05, 0.1) is 18.7 Å². The lowest BCUT2D eigenvalue weighted by Gasteiger charge is -2.31. The summed E-state index contributed by atoms with van der Waals surface area (Å²) < 4.78 is 8.38. The zero-order chi connectivity index (χ0) is 24.4. The molecule has 2 aromatic heterocycles. The second kappa shape index (κ2) is 9.74. The highest BCUT2D eigenvalue weighted by Gasteiger charge is 2.30. The van der Waals surface area contributed by atoms with E-state index in [-0.39, 0.29) is 29.9 Å². The van der Waals surface area contributed by atoms with Crippen LogP contribution in [0.4, 0.5) is 0 Å². The van der Waals surface area contributed by atoms with Crippen molar-refractivity contribution in [3.05, 3.63) is 76.7 Å². The molecule has 8 heteroatoms. The molecule has 180 valence electrons. The van der Waals surface area contributed by atoms with Gasteiger partial charge in [0.25, 0.3) is 5.56 Å². The van der Waals surface area contributed by atoms with Crippen LogP contribution >= 0.6 is 0 Å². The normalized spacial score (nSPS) is 16.0. The third-order valence-corrected chi connectivity index (χ3v) is 6.64. The van der Waals surface area contributed by atoms with E-state index in [2.05, 4.69) is 5.10 Å². The number of amides is 1. The van der Waals surface area contributed by atoms with Crippen LogP contribution in [-0.4, -0.2) is 50.8 Å². The standard InChI is InChI=1S/C27H28N4O4/c1-2-35-27(34)20-11-8-14-29(17-20)24(32)18-31-26(33)25-22(15-28-31)21-12-6-7-13-23(21)30(25)16-19-9-4-3-5-10-19/h3-7,9-10,12-13,15,20H,2,8,11,14,16-18H2,1H3/t20-/m1/s1. The average Bonchev–Trinajstić information content (AvgIpc) is 3.20. The van der Waals surface area contributed by atoms with Crippen molar-refractivity contribution in [2.75, 3.05) is 19.7 Å². The summed E-state index contributed by atoms with van der Waals surface area (Å²) in [6.07, 6.45) is 3.10. The predicted octanol–water partition coefficient (Wildman–Crippen LogP) is 3.20. The zero-order valence-electron chi connectivity index (χ0n) is 19.7. The summed E-state index contributed by atoms with van der Waals surface area (Å²) in [4.78, 5) is 40.5. The highest BCUT2D eigenvalue weighted by molar-refractivity contribution is 6.07. The number of carbonyl (C=O) groups is 2. The Hall–Kier alpha value is -3.94. The minimum Gasteiger partial charge on any atom is -0.466 e. The van der Waals surface area contributed by atoms with Crippen LogP contribution in [0.2, 0.25) is 0 Å². The summed E-state index contributed by atoms with van der Waals surface area (Å²) >= 11 is 0. The number of likely N-dealkylation sites (tertiary alicyclic amines) is 1. The molecular formula is C27H28N4O4. The molecule has 3 heterocycles. The lowest BCUT2D eigenvalue weighted by atomic mass is 9.98. The topological polar surface area (TPSA) is 86.4 Å². The van der Waals surface area contributed by atoms with Gasteiger partial charge in [-0.1, -0.05) is 48.5 Å². The predicted molar refractivity (Wildman–Crippen MR) is 133 cm³/mol. The first kappa shape index (κ1) is 22.8. The first-order valence-electron chi connectivity index (χ1n) is 12.0. The molecule has 1 fully saturated rings. The van der Waals surface area contributed by atoms with Crippen LogP contribution in [0, 0.1) is 5.92 Å². The summed E-state index contributed by atoms with van der Waals surface area (Å²) in [5.74, 6) is -0.820. The van der Waals surface area contributed by atoms with E-state index in [1.807, 2.05) is 59.2 Å². The van der Waals surface area contributed by atoms with E-state index in [1.54, 1.807) is 18.0 Å². The molecule has 0 N–H and O–H groups in total. The number of para-hydroxylation sites is 1. The van der Waals surface area contributed by atoms with Crippen molar-refractivity contribution >= 4 is 33.7 Å². The Morgan fingerprint density at radius 2 is 1.83 bits per heavy atom. The van der Waals surface area contributed by atoms with Gasteiger partial charge in [-0.3, -0.25) is 14.4 Å². The first-order valence-corrected chi connectivity index (χ1v) is 12.0. The lowest BCUT2D eigenvalue weighted by Crippen LogP contribution is -2.45. The van der Waals surface area contributed by atoms with Crippen LogP contribution in [0.5, 0.6) is 0 Å². The monoisotopic (exact) mass is 472 g/mol. The van der Waals surface area contributed by atoms with E-state index in [9.17, 15) is 14.4 Å². The molecule has 1 aliphatic heterocycles. The quantitative estimate of drug-likeness (QED) is 0.402. The highest BCUT2D eigenvalue weighted by Crippen LogP contribution is 2.27. The minimum atomic E-state index is -0.326. The summed E-state index contributed by atoms with van der Waals surface area (Å²) in [7, 11) is 0. The molecule has 0 spiro atoms. The Morgan fingerprint density at radius 3 is 2.63 bits per heavy atom. The van der Waals surface area contributed by atoms with Gasteiger partial charge in [-0.15, -0.1) is 0 Å². The Balaban J connectivity index is 1.48. The summed E-state index contributed by atoms with van der Waals surface area (Å²) in [6, 6.07) is 17.9. The highest BCUT2D eigenvalue weighted by atomic mass is 16.5. The fourth-order valence-corrected chi connectivity index (χ4v) is 4.92. The van der Waals surface area contributed by atoms with Gasteiger partial charge in [0.1, 0.15) is 12.1 Å². The molecule has 5 rings (SSSR count). The number of fused-ring (bicyclic) bond motifs is 3. The number of ether oxygens (including phenoxy) is 1. The molecule has 0 unspecified atom stereocenters. The summed E-state index contributed by atoms with van der Waals surface area (Å²) in [5.41, 5.74) is 2.25. The molecule has 1 amide bonds. The van der Waals surface area contributed by atoms with Gasteiger partial charge in [-0.05, 0) is 31.4 Å². The fraction of sp³-hybridized carbons (Fsp3) is 0.333. The van der Waals surface area contributed by atoms with Crippen LogP contribution in [-0.2, 0) is 27.4 Å². The number of nitrogens with zero attached hydrogens (tertiary/aromatic N) is 4. The lowest BCUT2D eigenvalue weighted by molar-refractivity contribution is -0.151. The van der Waals surface area contributed by atoms with Crippen molar-refractivity contribution < 1.29 is 14.3 Å².